The van der Waals surface area contributed by atoms with E-state index < -0.39 is 34.8 Å². The van der Waals surface area contributed by atoms with Crippen LogP contribution in [0.25, 0.3) is 0 Å². The summed E-state index contributed by atoms with van der Waals surface area (Å²) < 4.78 is 65.6. The monoisotopic (exact) mass is 279 g/mol. The highest BCUT2D eigenvalue weighted by molar-refractivity contribution is 5.48. The molecular weight excluding hydrogens is 265 g/mol. The van der Waals surface area contributed by atoms with E-state index in [2.05, 4.69) is 5.32 Å². The summed E-state index contributed by atoms with van der Waals surface area (Å²) in [5.41, 5.74) is -0.992. The SMILES string of the molecule is CCCC1(CNc2c(F)c(F)c(F)c(F)c2F)CC1. The number of hydrogen-bond donors (Lipinski definition) is 1. The molecule has 0 aromatic heterocycles. The molecule has 106 valence electrons. The van der Waals surface area contributed by atoms with Crippen molar-refractivity contribution in [1.82, 2.24) is 0 Å². The molecule has 1 N–H and O–H groups in total. The standard InChI is InChI=1S/C13H14F5N/c1-2-3-13(4-5-13)6-19-12-10(17)8(15)7(14)9(16)11(12)18/h19H,2-6H2,1H3. The molecule has 1 aliphatic rings. The van der Waals surface area contributed by atoms with Crippen LogP contribution in [0.5, 0.6) is 0 Å². The van der Waals surface area contributed by atoms with Gasteiger partial charge in [-0.1, -0.05) is 13.3 Å². The first-order valence-electron chi connectivity index (χ1n) is 6.17. The van der Waals surface area contributed by atoms with Crippen molar-refractivity contribution in [2.24, 2.45) is 5.41 Å². The van der Waals surface area contributed by atoms with E-state index in [-0.39, 0.29) is 12.0 Å². The molecule has 1 nitrogen and oxygen atoms in total. The van der Waals surface area contributed by atoms with Crippen molar-refractivity contribution >= 4 is 5.69 Å². The Balaban J connectivity index is 2.21. The highest BCUT2D eigenvalue weighted by Crippen LogP contribution is 2.49. The molecule has 1 fully saturated rings. The highest BCUT2D eigenvalue weighted by Gasteiger charge is 2.41. The molecule has 1 saturated carbocycles. The van der Waals surface area contributed by atoms with Crippen LogP contribution in [0.1, 0.15) is 32.6 Å². The van der Waals surface area contributed by atoms with Crippen LogP contribution >= 0.6 is 0 Å². The predicted molar refractivity (Wildman–Crippen MR) is 61.3 cm³/mol. The van der Waals surface area contributed by atoms with E-state index in [1.54, 1.807) is 0 Å². The quantitative estimate of drug-likeness (QED) is 0.479. The van der Waals surface area contributed by atoms with Gasteiger partial charge in [-0.25, -0.2) is 22.0 Å². The molecule has 0 aliphatic heterocycles. The van der Waals surface area contributed by atoms with Crippen molar-refractivity contribution in [2.45, 2.75) is 32.6 Å². The third-order valence-electron chi connectivity index (χ3n) is 3.59. The second kappa shape index (κ2) is 4.98. The number of halogens is 5. The predicted octanol–water partition coefficient (Wildman–Crippen LogP) is 4.37. The minimum Gasteiger partial charge on any atom is -0.380 e. The molecule has 1 aromatic rings. The maximum Gasteiger partial charge on any atom is 0.200 e. The van der Waals surface area contributed by atoms with Crippen molar-refractivity contribution in [3.8, 4) is 0 Å². The summed E-state index contributed by atoms with van der Waals surface area (Å²) in [6.45, 7) is 2.21. The third kappa shape index (κ3) is 2.53. The van der Waals surface area contributed by atoms with Gasteiger partial charge in [0.25, 0.3) is 0 Å². The Morgan fingerprint density at radius 2 is 1.37 bits per heavy atom. The zero-order valence-electron chi connectivity index (χ0n) is 10.4. The summed E-state index contributed by atoms with van der Waals surface area (Å²) in [5, 5.41) is 2.38. The van der Waals surface area contributed by atoms with Crippen LogP contribution in [-0.2, 0) is 0 Å². The molecule has 1 aliphatic carbocycles. The average molecular weight is 279 g/mol. The Hall–Kier alpha value is -1.33. The first kappa shape index (κ1) is 14.1. The lowest BCUT2D eigenvalue weighted by Crippen LogP contribution is -2.18. The van der Waals surface area contributed by atoms with Crippen LogP contribution in [0.3, 0.4) is 0 Å². The van der Waals surface area contributed by atoms with Crippen LogP contribution < -0.4 is 5.32 Å². The average Bonchev–Trinajstić information content (AvgIpc) is 3.14. The topological polar surface area (TPSA) is 12.0 Å². The first-order valence-corrected chi connectivity index (χ1v) is 6.17. The molecule has 0 atom stereocenters. The lowest BCUT2D eigenvalue weighted by molar-refractivity contribution is 0.380. The molecule has 0 radical (unpaired) electrons. The fraction of sp³-hybridized carbons (Fsp3) is 0.538. The van der Waals surface area contributed by atoms with E-state index in [0.29, 0.717) is 0 Å². The second-order valence-corrected chi connectivity index (χ2v) is 5.05. The Kier molecular flexibility index (Phi) is 3.69. The Morgan fingerprint density at radius 3 is 1.79 bits per heavy atom. The van der Waals surface area contributed by atoms with Crippen LogP contribution in [0, 0.1) is 34.5 Å². The summed E-state index contributed by atoms with van der Waals surface area (Å²) in [4.78, 5) is 0. The van der Waals surface area contributed by atoms with Crippen LogP contribution in [-0.4, -0.2) is 6.54 Å². The molecular formula is C13H14F5N. The lowest BCUT2D eigenvalue weighted by atomic mass is 10.0. The van der Waals surface area contributed by atoms with Crippen LogP contribution in [0.2, 0.25) is 0 Å². The van der Waals surface area contributed by atoms with Crippen molar-refractivity contribution in [1.29, 1.82) is 0 Å². The van der Waals surface area contributed by atoms with Gasteiger partial charge in [0.1, 0.15) is 5.69 Å². The van der Waals surface area contributed by atoms with Crippen molar-refractivity contribution in [3.05, 3.63) is 29.1 Å². The largest absolute Gasteiger partial charge is 0.380 e. The van der Waals surface area contributed by atoms with Crippen LogP contribution in [0.15, 0.2) is 0 Å². The smallest absolute Gasteiger partial charge is 0.200 e. The summed E-state index contributed by atoms with van der Waals surface area (Å²) in [6.07, 6.45) is 3.60. The van der Waals surface area contributed by atoms with E-state index in [4.69, 9.17) is 0 Å². The summed E-state index contributed by atoms with van der Waals surface area (Å²) in [6, 6.07) is 0. The van der Waals surface area contributed by atoms with Gasteiger partial charge in [0.2, 0.25) is 5.82 Å². The highest BCUT2D eigenvalue weighted by atomic mass is 19.2. The van der Waals surface area contributed by atoms with Gasteiger partial charge in [0, 0.05) is 6.54 Å². The Morgan fingerprint density at radius 1 is 0.895 bits per heavy atom. The summed E-state index contributed by atoms with van der Waals surface area (Å²) in [7, 11) is 0. The zero-order valence-corrected chi connectivity index (χ0v) is 10.4. The summed E-state index contributed by atoms with van der Waals surface area (Å²) >= 11 is 0. The molecule has 0 amide bonds. The van der Waals surface area contributed by atoms with Gasteiger partial charge < -0.3 is 5.32 Å². The number of rotatable bonds is 5. The normalized spacial score (nSPS) is 16.5. The van der Waals surface area contributed by atoms with E-state index in [9.17, 15) is 22.0 Å². The zero-order chi connectivity index (χ0) is 14.2. The summed E-state index contributed by atoms with van der Waals surface area (Å²) in [5.74, 6) is -9.56. The molecule has 19 heavy (non-hydrogen) atoms. The maximum absolute atomic E-state index is 13.4. The minimum absolute atomic E-state index is 0.0605. The van der Waals surface area contributed by atoms with Gasteiger partial charge in [-0.05, 0) is 24.7 Å². The molecule has 0 unspecified atom stereocenters. The third-order valence-corrected chi connectivity index (χ3v) is 3.59. The van der Waals surface area contributed by atoms with E-state index >= 15 is 0 Å². The van der Waals surface area contributed by atoms with Gasteiger partial charge in [0.15, 0.2) is 23.3 Å². The maximum atomic E-state index is 13.4. The number of hydrogen-bond acceptors (Lipinski definition) is 1. The van der Waals surface area contributed by atoms with Gasteiger partial charge in [-0.3, -0.25) is 0 Å². The van der Waals surface area contributed by atoms with Crippen LogP contribution in [0.4, 0.5) is 27.6 Å². The molecule has 0 spiro atoms. The van der Waals surface area contributed by atoms with E-state index in [0.717, 1.165) is 25.7 Å². The first-order chi connectivity index (χ1) is 8.92. The second-order valence-electron chi connectivity index (χ2n) is 5.05. The molecule has 0 bridgehead atoms. The number of nitrogens with one attached hydrogen (secondary N) is 1. The van der Waals surface area contributed by atoms with E-state index in [1.807, 2.05) is 6.92 Å². The fourth-order valence-corrected chi connectivity index (χ4v) is 2.26. The van der Waals surface area contributed by atoms with Gasteiger partial charge in [-0.2, -0.15) is 0 Å². The van der Waals surface area contributed by atoms with Crippen molar-refractivity contribution in [3.63, 3.8) is 0 Å². The molecule has 0 heterocycles. The Bertz CT molecular complexity index is 467. The molecule has 0 saturated heterocycles. The van der Waals surface area contributed by atoms with Gasteiger partial charge in [0.05, 0.1) is 0 Å². The van der Waals surface area contributed by atoms with Crippen molar-refractivity contribution in [2.75, 3.05) is 11.9 Å². The van der Waals surface area contributed by atoms with Gasteiger partial charge in [-0.15, -0.1) is 0 Å². The fourth-order valence-electron chi connectivity index (χ4n) is 2.26. The van der Waals surface area contributed by atoms with Gasteiger partial charge >= 0.3 is 0 Å². The number of anilines is 1. The lowest BCUT2D eigenvalue weighted by Gasteiger charge is -2.17. The van der Waals surface area contributed by atoms with E-state index in [1.165, 1.54) is 0 Å². The molecule has 6 heteroatoms. The Labute approximate surface area is 107 Å². The van der Waals surface area contributed by atoms with Crippen molar-refractivity contribution < 1.29 is 22.0 Å². The number of benzene rings is 1. The minimum atomic E-state index is -2.13. The molecule has 2 rings (SSSR count). The molecule has 1 aromatic carbocycles.